The lowest BCUT2D eigenvalue weighted by atomic mass is 10.2. The number of nitrogens with zero attached hydrogens (tertiary/aromatic N) is 1. The lowest BCUT2D eigenvalue weighted by Gasteiger charge is -2.23. The molecule has 0 unspecified atom stereocenters. The predicted molar refractivity (Wildman–Crippen MR) is 52.4 cm³/mol. The largest absolute Gasteiger partial charge is 0.508 e. The van der Waals surface area contributed by atoms with E-state index in [-0.39, 0.29) is 0 Å². The van der Waals surface area contributed by atoms with Gasteiger partial charge in [-0.1, -0.05) is 0 Å². The number of aromatic hydroxyl groups is 1. The van der Waals surface area contributed by atoms with Gasteiger partial charge < -0.3 is 5.11 Å². The van der Waals surface area contributed by atoms with E-state index in [1.54, 1.807) is 12.1 Å². The average Bonchev–Trinajstić information content (AvgIpc) is 1.82. The molecule has 0 atom stereocenters. The van der Waals surface area contributed by atoms with Crippen LogP contribution >= 0.6 is 0 Å². The summed E-state index contributed by atoms with van der Waals surface area (Å²) in [5, 5.41) is 9.35. The van der Waals surface area contributed by atoms with Crippen LogP contribution in [0.1, 0.15) is 5.56 Å². The number of phenols is 1. The highest BCUT2D eigenvalue weighted by Gasteiger charge is 2.12. The van der Waals surface area contributed by atoms with Crippen molar-refractivity contribution in [2.45, 2.75) is 6.92 Å². The zero-order chi connectivity index (χ0) is 9.35. The van der Waals surface area contributed by atoms with Crippen molar-refractivity contribution in [2.75, 3.05) is 21.1 Å². The minimum atomic E-state index is 0.345. The summed E-state index contributed by atoms with van der Waals surface area (Å²) in [6.45, 7) is 1.98. The smallest absolute Gasteiger partial charge is 0.136 e. The van der Waals surface area contributed by atoms with Crippen LogP contribution in [0.25, 0.3) is 0 Å². The summed E-state index contributed by atoms with van der Waals surface area (Å²) >= 11 is 0. The average molecular weight is 166 g/mol. The van der Waals surface area contributed by atoms with Crippen LogP contribution < -0.4 is 4.48 Å². The summed E-state index contributed by atoms with van der Waals surface area (Å²) in [6.07, 6.45) is 0. The third kappa shape index (κ3) is 1.98. The second-order valence-electron chi connectivity index (χ2n) is 4.04. The molecule has 0 radical (unpaired) electrons. The Morgan fingerprint density at radius 1 is 1.08 bits per heavy atom. The van der Waals surface area contributed by atoms with Gasteiger partial charge in [0.1, 0.15) is 11.4 Å². The van der Waals surface area contributed by atoms with Crippen LogP contribution in [0.3, 0.4) is 0 Å². The van der Waals surface area contributed by atoms with Crippen LogP contribution in [0.5, 0.6) is 5.75 Å². The molecule has 1 N–H and O–H groups in total. The fraction of sp³-hybridized carbons (Fsp3) is 0.400. The van der Waals surface area contributed by atoms with E-state index < -0.39 is 0 Å². The highest BCUT2D eigenvalue weighted by Crippen LogP contribution is 2.24. The van der Waals surface area contributed by atoms with Crippen molar-refractivity contribution < 1.29 is 5.11 Å². The Morgan fingerprint density at radius 2 is 1.67 bits per heavy atom. The SMILES string of the molecule is Cc1cc(O)cc([N+](C)(C)C)c1. The molecule has 0 amide bonds. The Kier molecular flexibility index (Phi) is 2.11. The third-order valence-corrected chi connectivity index (χ3v) is 1.82. The fourth-order valence-corrected chi connectivity index (χ4v) is 1.13. The number of phenolic OH excluding ortho intramolecular Hbond substituents is 1. The van der Waals surface area contributed by atoms with Crippen molar-refractivity contribution in [1.29, 1.82) is 0 Å². The van der Waals surface area contributed by atoms with E-state index >= 15 is 0 Å². The minimum absolute atomic E-state index is 0.345. The number of aryl methyl sites for hydroxylation is 1. The van der Waals surface area contributed by atoms with Crippen LogP contribution in [0.4, 0.5) is 5.69 Å². The first-order valence-electron chi connectivity index (χ1n) is 4.02. The van der Waals surface area contributed by atoms with E-state index in [2.05, 4.69) is 27.2 Å². The van der Waals surface area contributed by atoms with Crippen LogP contribution in [0, 0.1) is 6.92 Å². The molecule has 0 heterocycles. The van der Waals surface area contributed by atoms with Gasteiger partial charge in [0.05, 0.1) is 21.1 Å². The maximum atomic E-state index is 9.35. The first kappa shape index (κ1) is 9.07. The lowest BCUT2D eigenvalue weighted by Crippen LogP contribution is -2.34. The van der Waals surface area contributed by atoms with Crippen molar-refractivity contribution in [3.63, 3.8) is 0 Å². The van der Waals surface area contributed by atoms with E-state index in [1.165, 1.54) is 0 Å². The van der Waals surface area contributed by atoms with Gasteiger partial charge in [-0.25, -0.2) is 0 Å². The van der Waals surface area contributed by atoms with Gasteiger partial charge in [-0.3, -0.25) is 4.48 Å². The van der Waals surface area contributed by atoms with E-state index in [0.29, 0.717) is 5.75 Å². The van der Waals surface area contributed by atoms with Gasteiger partial charge in [0, 0.05) is 12.1 Å². The van der Waals surface area contributed by atoms with Crippen LogP contribution in [-0.4, -0.2) is 26.2 Å². The molecule has 0 aliphatic heterocycles. The van der Waals surface area contributed by atoms with Gasteiger partial charge in [0.25, 0.3) is 0 Å². The van der Waals surface area contributed by atoms with Crippen molar-refractivity contribution in [1.82, 2.24) is 4.48 Å². The lowest BCUT2D eigenvalue weighted by molar-refractivity contribution is 0.460. The Labute approximate surface area is 73.7 Å². The Bertz CT molecular complexity index is 266. The summed E-state index contributed by atoms with van der Waals surface area (Å²) in [7, 11) is 6.23. The van der Waals surface area contributed by atoms with E-state index in [1.807, 2.05) is 6.92 Å². The first-order valence-corrected chi connectivity index (χ1v) is 4.02. The second-order valence-corrected chi connectivity index (χ2v) is 4.04. The van der Waals surface area contributed by atoms with E-state index in [4.69, 9.17) is 0 Å². The molecular formula is C10H16NO+. The van der Waals surface area contributed by atoms with Crippen molar-refractivity contribution >= 4 is 5.69 Å². The number of hydrogen-bond acceptors (Lipinski definition) is 1. The minimum Gasteiger partial charge on any atom is -0.508 e. The Hall–Kier alpha value is -1.02. The molecule has 1 aromatic carbocycles. The molecular weight excluding hydrogens is 150 g/mol. The molecule has 0 fully saturated rings. The zero-order valence-electron chi connectivity index (χ0n) is 8.13. The summed E-state index contributed by atoms with van der Waals surface area (Å²) in [4.78, 5) is 0. The summed E-state index contributed by atoms with van der Waals surface area (Å²) in [5.41, 5.74) is 2.21. The fourth-order valence-electron chi connectivity index (χ4n) is 1.13. The van der Waals surface area contributed by atoms with Gasteiger partial charge in [-0.05, 0) is 18.6 Å². The van der Waals surface area contributed by atoms with E-state index in [0.717, 1.165) is 15.7 Å². The van der Waals surface area contributed by atoms with Gasteiger partial charge >= 0.3 is 0 Å². The maximum Gasteiger partial charge on any atom is 0.136 e. The van der Waals surface area contributed by atoms with Crippen molar-refractivity contribution in [3.8, 4) is 5.75 Å². The normalized spacial score (nSPS) is 11.7. The monoisotopic (exact) mass is 166 g/mol. The molecule has 66 valence electrons. The van der Waals surface area contributed by atoms with Crippen LogP contribution in [0.2, 0.25) is 0 Å². The van der Waals surface area contributed by atoms with Crippen LogP contribution in [-0.2, 0) is 0 Å². The topological polar surface area (TPSA) is 20.2 Å². The molecule has 0 spiro atoms. The molecule has 2 heteroatoms. The molecule has 0 bridgehead atoms. The molecule has 0 saturated carbocycles. The first-order chi connectivity index (χ1) is 5.39. The molecule has 0 aliphatic rings. The van der Waals surface area contributed by atoms with Crippen LogP contribution in [0.15, 0.2) is 18.2 Å². The van der Waals surface area contributed by atoms with Crippen molar-refractivity contribution in [2.24, 2.45) is 0 Å². The Morgan fingerprint density at radius 3 is 2.08 bits per heavy atom. The molecule has 0 saturated heterocycles. The van der Waals surface area contributed by atoms with Gasteiger partial charge in [-0.2, -0.15) is 0 Å². The molecule has 1 rings (SSSR count). The zero-order valence-corrected chi connectivity index (χ0v) is 8.13. The molecule has 0 aromatic heterocycles. The molecule has 12 heavy (non-hydrogen) atoms. The summed E-state index contributed by atoms with van der Waals surface area (Å²) in [5.74, 6) is 0.345. The quantitative estimate of drug-likeness (QED) is 0.632. The number of quaternary nitrogens is 1. The second kappa shape index (κ2) is 2.79. The summed E-state index contributed by atoms with van der Waals surface area (Å²) < 4.78 is 0.731. The van der Waals surface area contributed by atoms with E-state index in [9.17, 15) is 5.11 Å². The highest BCUT2D eigenvalue weighted by atomic mass is 16.3. The van der Waals surface area contributed by atoms with Crippen molar-refractivity contribution in [3.05, 3.63) is 23.8 Å². The number of hydrogen-bond donors (Lipinski definition) is 1. The van der Waals surface area contributed by atoms with Gasteiger partial charge in [0.15, 0.2) is 0 Å². The number of benzene rings is 1. The predicted octanol–water partition coefficient (Wildman–Crippen LogP) is 1.90. The maximum absolute atomic E-state index is 9.35. The highest BCUT2D eigenvalue weighted by molar-refractivity contribution is 5.48. The molecule has 0 aliphatic carbocycles. The Balaban J connectivity index is 3.18. The third-order valence-electron chi connectivity index (χ3n) is 1.82. The molecule has 2 nitrogen and oxygen atoms in total. The van der Waals surface area contributed by atoms with Gasteiger partial charge in [0.2, 0.25) is 0 Å². The standard InChI is InChI=1S/C10H15NO/c1-8-5-9(11(2,3)4)7-10(12)6-8/h5-7H,1-4H3/p+1. The number of rotatable bonds is 1. The van der Waals surface area contributed by atoms with Gasteiger partial charge in [-0.15, -0.1) is 0 Å². The summed E-state index contributed by atoms with van der Waals surface area (Å²) in [6, 6.07) is 5.64. The molecule has 1 aromatic rings.